The zero-order valence-electron chi connectivity index (χ0n) is 20.4. The van der Waals surface area contributed by atoms with Crippen LogP contribution in [0.3, 0.4) is 0 Å². The number of aromatic nitrogens is 4. The average Bonchev–Trinajstić information content (AvgIpc) is 3.51. The normalized spacial score (nSPS) is 17.7. The molecule has 0 aliphatic carbocycles. The first kappa shape index (κ1) is 23.2. The van der Waals surface area contributed by atoms with Crippen LogP contribution in [0.2, 0.25) is 0 Å². The molecule has 1 saturated heterocycles. The number of carbonyl (C=O) groups is 1. The van der Waals surface area contributed by atoms with E-state index in [0.29, 0.717) is 65.4 Å². The maximum absolute atomic E-state index is 15.2. The third kappa shape index (κ3) is 4.10. The first-order valence-corrected chi connectivity index (χ1v) is 12.2. The van der Waals surface area contributed by atoms with Crippen molar-refractivity contribution in [3.05, 3.63) is 53.9 Å². The molecule has 0 spiro atoms. The number of anilines is 4. The lowest BCUT2D eigenvalue weighted by molar-refractivity contribution is -0.133. The van der Waals surface area contributed by atoms with E-state index in [1.807, 2.05) is 17.9 Å². The van der Waals surface area contributed by atoms with Crippen LogP contribution in [0.15, 0.2) is 36.8 Å². The lowest BCUT2D eigenvalue weighted by atomic mass is 9.97. The Morgan fingerprint density at radius 1 is 1.14 bits per heavy atom. The Hall–Kier alpha value is -4.25. The van der Waals surface area contributed by atoms with Gasteiger partial charge in [-0.2, -0.15) is 5.10 Å². The fourth-order valence-corrected chi connectivity index (χ4v) is 5.09. The summed E-state index contributed by atoms with van der Waals surface area (Å²) in [4.78, 5) is 23.3. The number of hydrogen-bond donors (Lipinski definition) is 3. The van der Waals surface area contributed by atoms with Crippen molar-refractivity contribution in [1.82, 2.24) is 24.6 Å². The Labute approximate surface area is 212 Å². The van der Waals surface area contributed by atoms with E-state index in [-0.39, 0.29) is 24.2 Å². The van der Waals surface area contributed by atoms with Crippen LogP contribution in [-0.4, -0.2) is 56.4 Å². The Morgan fingerprint density at radius 2 is 2.00 bits per heavy atom. The summed E-state index contributed by atoms with van der Waals surface area (Å²) in [6.45, 7) is 3.93. The number of rotatable bonds is 4. The maximum Gasteiger partial charge on any atom is 0.244 e. The predicted octanol–water partition coefficient (Wildman–Crippen LogP) is 3.02. The van der Waals surface area contributed by atoms with Gasteiger partial charge in [-0.1, -0.05) is 0 Å². The molecule has 0 unspecified atom stereocenters. The molecule has 0 saturated carbocycles. The highest BCUT2D eigenvalue weighted by atomic mass is 19.1. The van der Waals surface area contributed by atoms with E-state index in [0.717, 1.165) is 17.7 Å². The van der Waals surface area contributed by atoms with E-state index in [2.05, 4.69) is 20.4 Å². The second kappa shape index (κ2) is 9.00. The quantitative estimate of drug-likeness (QED) is 0.362. The van der Waals surface area contributed by atoms with Crippen molar-refractivity contribution in [2.24, 2.45) is 0 Å². The first-order valence-electron chi connectivity index (χ1n) is 12.2. The SMILES string of the molecule is Cc1c(N)cncc1-c1cc2cc(Nc3cc4n(n3)CC(=O)N([C@@H]3CCOC3)CC4)ncc2c(N)c1F. The maximum atomic E-state index is 15.2. The molecule has 2 aliphatic heterocycles. The summed E-state index contributed by atoms with van der Waals surface area (Å²) in [5, 5.41) is 9.02. The number of ether oxygens (including phenoxy) is 1. The number of hydrogen-bond acceptors (Lipinski definition) is 8. The number of fused-ring (bicyclic) bond motifs is 2. The van der Waals surface area contributed by atoms with Crippen LogP contribution in [0, 0.1) is 12.7 Å². The van der Waals surface area contributed by atoms with E-state index in [4.69, 9.17) is 16.2 Å². The van der Waals surface area contributed by atoms with Crippen molar-refractivity contribution in [2.45, 2.75) is 32.4 Å². The number of nitrogens with two attached hydrogens (primary N) is 2. The molecule has 5 N–H and O–H groups in total. The number of halogens is 1. The molecular formula is C26H27FN8O2. The Morgan fingerprint density at radius 3 is 2.81 bits per heavy atom. The summed E-state index contributed by atoms with van der Waals surface area (Å²) in [5.74, 6) is 0.616. The van der Waals surface area contributed by atoms with Gasteiger partial charge >= 0.3 is 0 Å². The van der Waals surface area contributed by atoms with Gasteiger partial charge in [-0.3, -0.25) is 14.5 Å². The van der Waals surface area contributed by atoms with Crippen molar-refractivity contribution in [3.63, 3.8) is 0 Å². The third-order valence-electron chi connectivity index (χ3n) is 7.22. The van der Waals surface area contributed by atoms with E-state index < -0.39 is 5.82 Å². The van der Waals surface area contributed by atoms with Crippen molar-refractivity contribution in [1.29, 1.82) is 0 Å². The molecule has 0 bridgehead atoms. The second-order valence-electron chi connectivity index (χ2n) is 9.50. The van der Waals surface area contributed by atoms with Gasteiger partial charge in [0.15, 0.2) is 11.6 Å². The van der Waals surface area contributed by atoms with Gasteiger partial charge in [0.2, 0.25) is 5.91 Å². The van der Waals surface area contributed by atoms with Crippen LogP contribution < -0.4 is 16.8 Å². The highest BCUT2D eigenvalue weighted by Crippen LogP contribution is 2.36. The average molecular weight is 503 g/mol. The van der Waals surface area contributed by atoms with Gasteiger partial charge in [0, 0.05) is 60.2 Å². The highest BCUT2D eigenvalue weighted by Gasteiger charge is 2.30. The number of nitrogen functional groups attached to an aromatic ring is 2. The van der Waals surface area contributed by atoms with Crippen LogP contribution >= 0.6 is 0 Å². The minimum absolute atomic E-state index is 0.0119. The van der Waals surface area contributed by atoms with Gasteiger partial charge in [-0.25, -0.2) is 9.37 Å². The number of amides is 1. The Balaban J connectivity index is 1.28. The predicted molar refractivity (Wildman–Crippen MR) is 139 cm³/mol. The zero-order chi connectivity index (χ0) is 25.7. The molecule has 6 rings (SSSR count). The first-order chi connectivity index (χ1) is 17.9. The van der Waals surface area contributed by atoms with Crippen LogP contribution in [0.1, 0.15) is 17.7 Å². The fraction of sp³-hybridized carbons (Fsp3) is 0.308. The zero-order valence-corrected chi connectivity index (χ0v) is 20.4. The van der Waals surface area contributed by atoms with E-state index >= 15 is 4.39 Å². The Bertz CT molecular complexity index is 1530. The minimum Gasteiger partial charge on any atom is -0.397 e. The van der Waals surface area contributed by atoms with Gasteiger partial charge in [0.25, 0.3) is 0 Å². The summed E-state index contributed by atoms with van der Waals surface area (Å²) < 4.78 is 22.4. The van der Waals surface area contributed by atoms with E-state index in [1.54, 1.807) is 23.0 Å². The van der Waals surface area contributed by atoms with Gasteiger partial charge in [-0.05, 0) is 36.4 Å². The standard InChI is InChI=1S/C26H27FN8O2/c1-14-19(9-30-11-21(14)28)18-6-15-7-22(31-10-20(15)26(29)25(18)27)32-23-8-16-2-4-34(17-3-5-37-13-17)24(36)12-35(16)33-23/h6-11,17H,2-5,12-13,28-29H2,1H3,(H,31,32,33)/t17-/m1/s1. The topological polar surface area (TPSA) is 137 Å². The van der Waals surface area contributed by atoms with Crippen LogP contribution in [0.25, 0.3) is 21.9 Å². The van der Waals surface area contributed by atoms with Gasteiger partial charge < -0.3 is 26.4 Å². The summed E-state index contributed by atoms with van der Waals surface area (Å²) in [7, 11) is 0. The lowest BCUT2D eigenvalue weighted by Crippen LogP contribution is -2.42. The van der Waals surface area contributed by atoms with Crippen molar-refractivity contribution < 1.29 is 13.9 Å². The molecule has 1 fully saturated rings. The molecule has 10 nitrogen and oxygen atoms in total. The molecule has 1 aromatic carbocycles. The van der Waals surface area contributed by atoms with Crippen LogP contribution in [0.4, 0.5) is 27.4 Å². The minimum atomic E-state index is -0.536. The van der Waals surface area contributed by atoms with Gasteiger partial charge in [0.05, 0.1) is 30.2 Å². The lowest BCUT2D eigenvalue weighted by Gasteiger charge is -2.26. The molecule has 37 heavy (non-hydrogen) atoms. The summed E-state index contributed by atoms with van der Waals surface area (Å²) in [6, 6.07) is 5.59. The number of pyridine rings is 2. The summed E-state index contributed by atoms with van der Waals surface area (Å²) >= 11 is 0. The van der Waals surface area contributed by atoms with Crippen LogP contribution in [-0.2, 0) is 22.5 Å². The molecule has 3 aromatic heterocycles. The van der Waals surface area contributed by atoms with Crippen LogP contribution in [0.5, 0.6) is 0 Å². The molecule has 11 heteroatoms. The van der Waals surface area contributed by atoms with E-state index in [9.17, 15) is 4.79 Å². The number of benzene rings is 1. The number of nitrogens with zero attached hydrogens (tertiary/aromatic N) is 5. The molecular weight excluding hydrogens is 475 g/mol. The molecule has 0 radical (unpaired) electrons. The summed E-state index contributed by atoms with van der Waals surface area (Å²) in [6.07, 6.45) is 6.23. The second-order valence-corrected chi connectivity index (χ2v) is 9.50. The number of nitrogens with one attached hydrogen (secondary N) is 1. The molecule has 5 heterocycles. The Kier molecular flexibility index (Phi) is 5.64. The van der Waals surface area contributed by atoms with Crippen molar-refractivity contribution >= 4 is 39.7 Å². The molecule has 190 valence electrons. The largest absolute Gasteiger partial charge is 0.397 e. The smallest absolute Gasteiger partial charge is 0.244 e. The van der Waals surface area contributed by atoms with Gasteiger partial charge in [-0.15, -0.1) is 0 Å². The molecule has 1 atom stereocenters. The third-order valence-corrected chi connectivity index (χ3v) is 7.22. The fourth-order valence-electron chi connectivity index (χ4n) is 5.09. The summed E-state index contributed by atoms with van der Waals surface area (Å²) in [5.41, 5.74) is 15.2. The monoisotopic (exact) mass is 502 g/mol. The van der Waals surface area contributed by atoms with Crippen molar-refractivity contribution in [3.8, 4) is 11.1 Å². The number of carbonyl (C=O) groups excluding carboxylic acids is 1. The highest BCUT2D eigenvalue weighted by molar-refractivity contribution is 5.98. The van der Waals surface area contributed by atoms with Crippen molar-refractivity contribution in [2.75, 3.05) is 36.5 Å². The molecule has 1 amide bonds. The molecule has 2 aliphatic rings. The molecule has 4 aromatic rings. The van der Waals surface area contributed by atoms with Gasteiger partial charge in [0.1, 0.15) is 12.4 Å². The van der Waals surface area contributed by atoms with E-state index in [1.165, 1.54) is 12.4 Å².